The van der Waals surface area contributed by atoms with Gasteiger partial charge in [-0.1, -0.05) is 0 Å². The van der Waals surface area contributed by atoms with E-state index in [1.54, 1.807) is 0 Å². The summed E-state index contributed by atoms with van der Waals surface area (Å²) in [7, 11) is 1.45. The van der Waals surface area contributed by atoms with Crippen LogP contribution in [0.15, 0.2) is 60.7 Å². The molecular formula is C15H15GeO2. The number of esters is 1. The Hall–Kier alpha value is -1.55. The fraction of sp³-hybridized carbons (Fsp3) is 0.133. The molecule has 0 bridgehead atoms. The summed E-state index contributed by atoms with van der Waals surface area (Å²) in [5.74, 6) is -0.113. The standard InChI is InChI=1S/C15H15GeO2/c1-18-15(17)12-16(13-8-4-2-5-9-13)14-10-6-3-7-11-14/h2-11H,12H2,1H3. The van der Waals surface area contributed by atoms with E-state index in [1.807, 2.05) is 36.4 Å². The van der Waals surface area contributed by atoms with Gasteiger partial charge in [-0.05, 0) is 0 Å². The molecule has 1 radical (unpaired) electrons. The number of hydrogen-bond acceptors (Lipinski definition) is 2. The number of ether oxygens (including phenoxy) is 1. The van der Waals surface area contributed by atoms with Crippen LogP contribution in [0.5, 0.6) is 0 Å². The van der Waals surface area contributed by atoms with Crippen LogP contribution in [0, 0.1) is 0 Å². The number of rotatable bonds is 4. The van der Waals surface area contributed by atoms with E-state index in [0.717, 1.165) is 0 Å². The third-order valence-corrected chi connectivity index (χ3v) is 8.46. The Morgan fingerprint density at radius 3 is 1.78 bits per heavy atom. The first-order valence-corrected chi connectivity index (χ1v) is 9.43. The summed E-state index contributed by atoms with van der Waals surface area (Å²) < 4.78 is 7.43. The molecule has 0 fully saturated rings. The molecule has 0 saturated carbocycles. The maximum absolute atomic E-state index is 11.6. The van der Waals surface area contributed by atoms with Crippen LogP contribution in [0.2, 0.25) is 5.25 Å². The molecule has 0 aromatic heterocycles. The van der Waals surface area contributed by atoms with Gasteiger partial charge in [-0.3, -0.25) is 0 Å². The van der Waals surface area contributed by atoms with Crippen LogP contribution < -0.4 is 8.79 Å². The number of methoxy groups -OCH3 is 1. The third-order valence-electron chi connectivity index (χ3n) is 2.79. The van der Waals surface area contributed by atoms with Gasteiger partial charge >= 0.3 is 112 Å². The minimum atomic E-state index is -1.81. The number of carbonyl (C=O) groups excluding carboxylic acids is 1. The number of carbonyl (C=O) groups is 1. The van der Waals surface area contributed by atoms with E-state index in [2.05, 4.69) is 24.3 Å². The molecule has 2 nitrogen and oxygen atoms in total. The van der Waals surface area contributed by atoms with Crippen molar-refractivity contribution >= 4 is 29.1 Å². The van der Waals surface area contributed by atoms with Crippen LogP contribution in [0.1, 0.15) is 0 Å². The van der Waals surface area contributed by atoms with Gasteiger partial charge in [-0.15, -0.1) is 0 Å². The zero-order valence-corrected chi connectivity index (χ0v) is 12.4. The molecule has 3 heteroatoms. The van der Waals surface area contributed by atoms with Crippen molar-refractivity contribution in [3.8, 4) is 0 Å². The fourth-order valence-corrected chi connectivity index (χ4v) is 6.83. The average molecular weight is 300 g/mol. The first kappa shape index (κ1) is 12.9. The molecule has 0 aliphatic carbocycles. The van der Waals surface area contributed by atoms with E-state index in [0.29, 0.717) is 5.25 Å². The van der Waals surface area contributed by atoms with Crippen molar-refractivity contribution in [1.29, 1.82) is 0 Å². The molecule has 18 heavy (non-hydrogen) atoms. The molecule has 91 valence electrons. The van der Waals surface area contributed by atoms with Gasteiger partial charge in [0.1, 0.15) is 0 Å². The van der Waals surface area contributed by atoms with Crippen molar-refractivity contribution in [3.05, 3.63) is 60.7 Å². The molecule has 0 aliphatic rings. The normalized spacial score (nSPS) is 10.3. The Morgan fingerprint density at radius 1 is 0.944 bits per heavy atom. The van der Waals surface area contributed by atoms with E-state index in [1.165, 1.54) is 15.9 Å². The Morgan fingerprint density at radius 2 is 1.39 bits per heavy atom. The van der Waals surface area contributed by atoms with Crippen molar-refractivity contribution in [1.82, 2.24) is 0 Å². The second-order valence-electron chi connectivity index (χ2n) is 3.96. The Bertz CT molecular complexity index is 457. The molecule has 0 spiro atoms. The number of hydrogen-bond donors (Lipinski definition) is 0. The summed E-state index contributed by atoms with van der Waals surface area (Å²) in [4.78, 5) is 11.6. The molecule has 0 heterocycles. The summed E-state index contributed by atoms with van der Waals surface area (Å²) in [5, 5.41) is 0.532. The van der Waals surface area contributed by atoms with Gasteiger partial charge in [0.25, 0.3) is 0 Å². The van der Waals surface area contributed by atoms with Gasteiger partial charge in [-0.2, -0.15) is 0 Å². The summed E-state index contributed by atoms with van der Waals surface area (Å²) in [5.41, 5.74) is 0. The van der Waals surface area contributed by atoms with Gasteiger partial charge in [0.2, 0.25) is 0 Å². The van der Waals surface area contributed by atoms with E-state index < -0.39 is 14.3 Å². The predicted molar refractivity (Wildman–Crippen MR) is 74.7 cm³/mol. The second-order valence-corrected chi connectivity index (χ2v) is 9.14. The van der Waals surface area contributed by atoms with E-state index in [9.17, 15) is 4.79 Å². The van der Waals surface area contributed by atoms with Crippen LogP contribution >= 0.6 is 0 Å². The predicted octanol–water partition coefficient (Wildman–Crippen LogP) is 1.47. The summed E-state index contributed by atoms with van der Waals surface area (Å²) in [6.07, 6.45) is 0. The minimum absolute atomic E-state index is 0.113. The summed E-state index contributed by atoms with van der Waals surface area (Å²) >= 11 is -1.81. The van der Waals surface area contributed by atoms with Crippen LogP contribution in [-0.2, 0) is 9.53 Å². The van der Waals surface area contributed by atoms with Crippen LogP contribution in [0.3, 0.4) is 0 Å². The summed E-state index contributed by atoms with van der Waals surface area (Å²) in [6, 6.07) is 20.6. The number of benzene rings is 2. The second kappa shape index (κ2) is 6.40. The first-order valence-electron chi connectivity index (χ1n) is 5.84. The fourth-order valence-electron chi connectivity index (χ4n) is 1.87. The van der Waals surface area contributed by atoms with Crippen molar-refractivity contribution in [2.45, 2.75) is 5.25 Å². The van der Waals surface area contributed by atoms with Crippen LogP contribution in [0.25, 0.3) is 0 Å². The van der Waals surface area contributed by atoms with E-state index >= 15 is 0 Å². The van der Waals surface area contributed by atoms with Gasteiger partial charge in [0.05, 0.1) is 0 Å². The summed E-state index contributed by atoms with van der Waals surface area (Å²) in [6.45, 7) is 0. The monoisotopic (exact) mass is 301 g/mol. The molecule has 0 amide bonds. The van der Waals surface area contributed by atoms with Gasteiger partial charge < -0.3 is 0 Å². The van der Waals surface area contributed by atoms with Crippen LogP contribution in [0.4, 0.5) is 0 Å². The molecule has 0 unspecified atom stereocenters. The molecular weight excluding hydrogens is 285 g/mol. The van der Waals surface area contributed by atoms with Gasteiger partial charge in [0.15, 0.2) is 0 Å². The Kier molecular flexibility index (Phi) is 4.59. The molecule has 2 aromatic carbocycles. The van der Waals surface area contributed by atoms with Gasteiger partial charge in [-0.25, -0.2) is 0 Å². The molecule has 2 aromatic rings. The quantitative estimate of drug-likeness (QED) is 0.631. The zero-order chi connectivity index (χ0) is 12.8. The molecule has 0 saturated heterocycles. The Balaban J connectivity index is 2.32. The van der Waals surface area contributed by atoms with Crippen molar-refractivity contribution < 1.29 is 9.53 Å². The topological polar surface area (TPSA) is 26.3 Å². The van der Waals surface area contributed by atoms with Crippen LogP contribution in [-0.4, -0.2) is 27.4 Å². The van der Waals surface area contributed by atoms with Crippen molar-refractivity contribution in [3.63, 3.8) is 0 Å². The maximum atomic E-state index is 11.6. The van der Waals surface area contributed by atoms with Gasteiger partial charge in [0, 0.05) is 0 Å². The van der Waals surface area contributed by atoms with E-state index in [4.69, 9.17) is 4.74 Å². The Labute approximate surface area is 112 Å². The average Bonchev–Trinajstić information content (AvgIpc) is 2.46. The van der Waals surface area contributed by atoms with Crippen molar-refractivity contribution in [2.24, 2.45) is 0 Å². The first-order chi connectivity index (χ1) is 8.81. The SMILES string of the molecule is COC(=O)[CH2][Ge]([c]1ccccc1)[c]1ccccc1. The van der Waals surface area contributed by atoms with E-state index in [-0.39, 0.29) is 5.97 Å². The molecule has 2 rings (SSSR count). The molecule has 0 N–H and O–H groups in total. The molecule has 0 atom stereocenters. The molecule has 0 aliphatic heterocycles. The zero-order valence-electron chi connectivity index (χ0n) is 10.3. The third kappa shape index (κ3) is 3.23. The van der Waals surface area contributed by atoms with Crippen molar-refractivity contribution in [2.75, 3.05) is 7.11 Å².